The van der Waals surface area contributed by atoms with E-state index in [0.717, 1.165) is 33.8 Å². The van der Waals surface area contributed by atoms with E-state index in [1.54, 1.807) is 0 Å². The van der Waals surface area contributed by atoms with Gasteiger partial charge >= 0.3 is 0 Å². The summed E-state index contributed by atoms with van der Waals surface area (Å²) in [5, 5.41) is 0.779. The molecule has 2 N–H and O–H groups in total. The fourth-order valence-corrected chi connectivity index (χ4v) is 2.11. The molecule has 2 aromatic rings. The Morgan fingerprint density at radius 3 is 2.56 bits per heavy atom. The number of aromatic nitrogens is 1. The Kier molecular flexibility index (Phi) is 5.00. The SMILES string of the molecule is CCc1nc(N)ccc1-c1cccc(Cl)c1C.Cl. The third-order valence-corrected chi connectivity index (χ3v) is 3.30. The zero-order valence-electron chi connectivity index (χ0n) is 10.4. The van der Waals surface area contributed by atoms with Crippen molar-refractivity contribution in [3.05, 3.63) is 46.6 Å². The molecule has 1 aromatic carbocycles. The number of nitrogens with two attached hydrogens (primary N) is 1. The molecule has 1 heterocycles. The number of hydrogen-bond acceptors (Lipinski definition) is 2. The van der Waals surface area contributed by atoms with E-state index in [1.165, 1.54) is 0 Å². The average molecular weight is 283 g/mol. The van der Waals surface area contributed by atoms with E-state index in [2.05, 4.69) is 18.0 Å². The highest BCUT2D eigenvalue weighted by atomic mass is 35.5. The first kappa shape index (κ1) is 14.8. The first-order chi connectivity index (χ1) is 8.13. The monoisotopic (exact) mass is 282 g/mol. The standard InChI is InChI=1S/C14H15ClN2.ClH/c1-3-13-11(7-8-14(16)17-13)10-5-4-6-12(15)9(10)2;/h4-8H,3H2,1-2H3,(H2,16,17);1H. The second kappa shape index (κ2) is 6.07. The smallest absolute Gasteiger partial charge is 0.123 e. The number of nitrogens with zero attached hydrogens (tertiary/aromatic N) is 1. The molecule has 0 bridgehead atoms. The van der Waals surface area contributed by atoms with Gasteiger partial charge in [-0.25, -0.2) is 4.98 Å². The maximum Gasteiger partial charge on any atom is 0.123 e. The van der Waals surface area contributed by atoms with Gasteiger partial charge in [0.1, 0.15) is 5.82 Å². The second-order valence-electron chi connectivity index (χ2n) is 4.00. The van der Waals surface area contributed by atoms with Crippen molar-refractivity contribution in [1.29, 1.82) is 0 Å². The van der Waals surface area contributed by atoms with E-state index in [1.807, 2.05) is 31.2 Å². The lowest BCUT2D eigenvalue weighted by Crippen LogP contribution is -1.98. The van der Waals surface area contributed by atoms with Gasteiger partial charge < -0.3 is 5.73 Å². The van der Waals surface area contributed by atoms with Crippen molar-refractivity contribution in [3.63, 3.8) is 0 Å². The van der Waals surface area contributed by atoms with Gasteiger partial charge in [0.15, 0.2) is 0 Å². The minimum absolute atomic E-state index is 0. The topological polar surface area (TPSA) is 38.9 Å². The van der Waals surface area contributed by atoms with Gasteiger partial charge in [0.2, 0.25) is 0 Å². The van der Waals surface area contributed by atoms with Gasteiger partial charge in [0, 0.05) is 10.6 Å². The molecule has 0 radical (unpaired) electrons. The normalized spacial score (nSPS) is 9.94. The van der Waals surface area contributed by atoms with Gasteiger partial charge in [-0.05, 0) is 42.7 Å². The molecule has 96 valence electrons. The zero-order valence-corrected chi connectivity index (χ0v) is 12.0. The van der Waals surface area contributed by atoms with Crippen LogP contribution in [0.1, 0.15) is 18.2 Å². The van der Waals surface area contributed by atoms with Crippen LogP contribution in [0.4, 0.5) is 5.82 Å². The molecule has 0 amide bonds. The Morgan fingerprint density at radius 1 is 1.17 bits per heavy atom. The van der Waals surface area contributed by atoms with Crippen molar-refractivity contribution >= 4 is 29.8 Å². The highest BCUT2D eigenvalue weighted by Gasteiger charge is 2.09. The molecule has 2 nitrogen and oxygen atoms in total. The summed E-state index contributed by atoms with van der Waals surface area (Å²) in [4.78, 5) is 4.37. The van der Waals surface area contributed by atoms with Crippen molar-refractivity contribution < 1.29 is 0 Å². The van der Waals surface area contributed by atoms with E-state index in [9.17, 15) is 0 Å². The summed E-state index contributed by atoms with van der Waals surface area (Å²) in [6, 6.07) is 9.76. The molecule has 0 spiro atoms. The maximum atomic E-state index is 6.15. The highest BCUT2D eigenvalue weighted by molar-refractivity contribution is 6.31. The number of anilines is 1. The third kappa shape index (κ3) is 2.77. The maximum absolute atomic E-state index is 6.15. The van der Waals surface area contributed by atoms with Crippen LogP contribution in [0.25, 0.3) is 11.1 Å². The van der Waals surface area contributed by atoms with Crippen LogP contribution >= 0.6 is 24.0 Å². The largest absolute Gasteiger partial charge is 0.384 e. The number of benzene rings is 1. The van der Waals surface area contributed by atoms with Crippen LogP contribution in [0.2, 0.25) is 5.02 Å². The van der Waals surface area contributed by atoms with E-state index in [-0.39, 0.29) is 12.4 Å². The van der Waals surface area contributed by atoms with E-state index < -0.39 is 0 Å². The molecule has 0 saturated heterocycles. The molecule has 4 heteroatoms. The predicted octanol–water partition coefficient (Wildman–Crippen LogP) is 4.28. The van der Waals surface area contributed by atoms with Gasteiger partial charge in [-0.3, -0.25) is 0 Å². The fourth-order valence-electron chi connectivity index (χ4n) is 1.93. The predicted molar refractivity (Wildman–Crippen MR) is 80.5 cm³/mol. The molecule has 18 heavy (non-hydrogen) atoms. The number of rotatable bonds is 2. The lowest BCUT2D eigenvalue weighted by molar-refractivity contribution is 1.04. The molecule has 0 aliphatic heterocycles. The summed E-state index contributed by atoms with van der Waals surface area (Å²) >= 11 is 6.15. The summed E-state index contributed by atoms with van der Waals surface area (Å²) in [5.41, 5.74) is 10.0. The van der Waals surface area contributed by atoms with E-state index in [4.69, 9.17) is 17.3 Å². The van der Waals surface area contributed by atoms with Crippen LogP contribution in [0, 0.1) is 6.92 Å². The van der Waals surface area contributed by atoms with Crippen LogP contribution < -0.4 is 5.73 Å². The van der Waals surface area contributed by atoms with E-state index in [0.29, 0.717) is 5.82 Å². The average Bonchev–Trinajstić information content (AvgIpc) is 2.33. The van der Waals surface area contributed by atoms with Gasteiger partial charge in [-0.1, -0.05) is 30.7 Å². The Morgan fingerprint density at radius 2 is 1.89 bits per heavy atom. The zero-order chi connectivity index (χ0) is 12.4. The molecule has 0 fully saturated rings. The summed E-state index contributed by atoms with van der Waals surface area (Å²) in [6.45, 7) is 4.10. The van der Waals surface area contributed by atoms with Crippen molar-refractivity contribution in [1.82, 2.24) is 4.98 Å². The second-order valence-corrected chi connectivity index (χ2v) is 4.40. The van der Waals surface area contributed by atoms with Crippen LogP contribution in [-0.4, -0.2) is 4.98 Å². The number of pyridine rings is 1. The molecule has 0 aliphatic rings. The number of nitrogen functional groups attached to an aromatic ring is 1. The van der Waals surface area contributed by atoms with Crippen molar-refractivity contribution in [3.8, 4) is 11.1 Å². The molecule has 0 aliphatic carbocycles. The third-order valence-electron chi connectivity index (χ3n) is 2.89. The lowest BCUT2D eigenvalue weighted by atomic mass is 9.98. The first-order valence-electron chi connectivity index (χ1n) is 5.64. The van der Waals surface area contributed by atoms with Gasteiger partial charge in [0.25, 0.3) is 0 Å². The quantitative estimate of drug-likeness (QED) is 0.893. The molecular formula is C14H16Cl2N2. The number of aryl methyl sites for hydroxylation is 1. The van der Waals surface area contributed by atoms with Crippen molar-refractivity contribution in [2.45, 2.75) is 20.3 Å². The lowest BCUT2D eigenvalue weighted by Gasteiger charge is -2.11. The molecule has 2 rings (SSSR count). The Hall–Kier alpha value is -1.25. The van der Waals surface area contributed by atoms with Crippen molar-refractivity contribution in [2.75, 3.05) is 5.73 Å². The number of halogens is 2. The summed E-state index contributed by atoms with van der Waals surface area (Å²) in [6.07, 6.45) is 0.853. The molecule has 0 atom stereocenters. The number of hydrogen-bond donors (Lipinski definition) is 1. The summed E-state index contributed by atoms with van der Waals surface area (Å²) in [7, 11) is 0. The molecule has 1 aromatic heterocycles. The molecule has 0 saturated carbocycles. The fraction of sp³-hybridized carbons (Fsp3) is 0.214. The molecule has 0 unspecified atom stereocenters. The summed E-state index contributed by atoms with van der Waals surface area (Å²) in [5.74, 6) is 0.560. The van der Waals surface area contributed by atoms with Crippen LogP contribution in [0.3, 0.4) is 0 Å². The Labute approximate surface area is 119 Å². The van der Waals surface area contributed by atoms with Crippen LogP contribution in [-0.2, 0) is 6.42 Å². The van der Waals surface area contributed by atoms with Crippen molar-refractivity contribution in [2.24, 2.45) is 0 Å². The minimum Gasteiger partial charge on any atom is -0.384 e. The van der Waals surface area contributed by atoms with Crippen LogP contribution in [0.5, 0.6) is 0 Å². The Bertz CT molecular complexity index is 553. The van der Waals surface area contributed by atoms with E-state index >= 15 is 0 Å². The Balaban J connectivity index is 0.00000162. The van der Waals surface area contributed by atoms with Gasteiger partial charge in [0.05, 0.1) is 5.69 Å². The summed E-state index contributed by atoms with van der Waals surface area (Å²) < 4.78 is 0. The molecular weight excluding hydrogens is 267 g/mol. The highest BCUT2D eigenvalue weighted by Crippen LogP contribution is 2.30. The van der Waals surface area contributed by atoms with Gasteiger partial charge in [-0.2, -0.15) is 0 Å². The van der Waals surface area contributed by atoms with Crippen LogP contribution in [0.15, 0.2) is 30.3 Å². The first-order valence-corrected chi connectivity index (χ1v) is 6.02. The van der Waals surface area contributed by atoms with Gasteiger partial charge in [-0.15, -0.1) is 12.4 Å². The minimum atomic E-state index is 0.